The van der Waals surface area contributed by atoms with Gasteiger partial charge in [-0.2, -0.15) is 0 Å². The number of aromatic nitrogens is 2. The van der Waals surface area contributed by atoms with Gasteiger partial charge in [0.05, 0.1) is 5.69 Å². The van der Waals surface area contributed by atoms with E-state index >= 15 is 0 Å². The topological polar surface area (TPSA) is 49.3 Å². The summed E-state index contributed by atoms with van der Waals surface area (Å²) in [6.45, 7) is 3.77. The Balaban J connectivity index is 1.31. The molecule has 0 bridgehead atoms. The zero-order valence-corrected chi connectivity index (χ0v) is 16.0. The maximum atomic E-state index is 12.4. The van der Waals surface area contributed by atoms with Crippen LogP contribution in [0.25, 0.3) is 10.6 Å². The summed E-state index contributed by atoms with van der Waals surface area (Å²) in [6, 6.07) is 3.84. The highest BCUT2D eigenvalue weighted by Gasteiger charge is 2.22. The summed E-state index contributed by atoms with van der Waals surface area (Å²) in [5, 5.41) is 1.02. The molecular formula is C21H22N4OS. The minimum Gasteiger partial charge on any atom is -0.371 e. The van der Waals surface area contributed by atoms with E-state index in [0.29, 0.717) is 5.69 Å². The van der Waals surface area contributed by atoms with Crippen LogP contribution in [-0.2, 0) is 12.8 Å². The first kappa shape index (κ1) is 16.7. The first-order valence-electron chi connectivity index (χ1n) is 9.65. The van der Waals surface area contributed by atoms with Crippen LogP contribution in [0.3, 0.4) is 0 Å². The zero-order chi connectivity index (χ0) is 18.2. The molecule has 3 aliphatic rings. The minimum atomic E-state index is 0.0495. The van der Waals surface area contributed by atoms with E-state index in [2.05, 4.69) is 28.1 Å². The van der Waals surface area contributed by atoms with Gasteiger partial charge in [0.15, 0.2) is 0 Å². The monoisotopic (exact) mass is 378 g/mol. The van der Waals surface area contributed by atoms with Crippen LogP contribution < -0.4 is 0 Å². The highest BCUT2D eigenvalue weighted by atomic mass is 32.1. The van der Waals surface area contributed by atoms with Crippen LogP contribution in [0.2, 0.25) is 0 Å². The third-order valence-corrected chi connectivity index (χ3v) is 6.73. The highest BCUT2D eigenvalue weighted by Crippen LogP contribution is 2.31. The highest BCUT2D eigenvalue weighted by molar-refractivity contribution is 7.15. The number of carbonyl (C=O) groups is 1. The van der Waals surface area contributed by atoms with Crippen LogP contribution in [0, 0.1) is 0 Å². The number of rotatable bonds is 3. The zero-order valence-electron chi connectivity index (χ0n) is 15.2. The number of nitrogens with zero attached hydrogens (tertiary/aromatic N) is 4. The van der Waals surface area contributed by atoms with Crippen molar-refractivity contribution in [2.24, 2.45) is 0 Å². The van der Waals surface area contributed by atoms with Crippen molar-refractivity contribution in [3.8, 4) is 10.6 Å². The van der Waals surface area contributed by atoms with Crippen molar-refractivity contribution in [3.05, 3.63) is 58.5 Å². The molecule has 0 N–H and O–H groups in total. The van der Waals surface area contributed by atoms with Gasteiger partial charge in [-0.25, -0.2) is 4.98 Å². The molecule has 2 aromatic heterocycles. The second kappa shape index (κ2) is 6.93. The lowest BCUT2D eigenvalue weighted by molar-refractivity contribution is 0.0787. The number of thiazole rings is 1. The Morgan fingerprint density at radius 2 is 1.89 bits per heavy atom. The molecule has 2 aliphatic heterocycles. The molecule has 1 amide bonds. The Morgan fingerprint density at radius 3 is 2.59 bits per heavy atom. The molecule has 138 valence electrons. The van der Waals surface area contributed by atoms with Gasteiger partial charge < -0.3 is 9.80 Å². The molecule has 27 heavy (non-hydrogen) atoms. The molecule has 2 aromatic rings. The summed E-state index contributed by atoms with van der Waals surface area (Å²) < 4.78 is 0. The van der Waals surface area contributed by atoms with Gasteiger partial charge in [-0.1, -0.05) is 6.08 Å². The molecule has 5 nitrogen and oxygen atoms in total. The van der Waals surface area contributed by atoms with Gasteiger partial charge in [0, 0.05) is 61.4 Å². The number of carbonyl (C=O) groups excluding carboxylic acids is 1. The van der Waals surface area contributed by atoms with Crippen LogP contribution in [0.5, 0.6) is 0 Å². The predicted molar refractivity (Wildman–Crippen MR) is 107 cm³/mol. The van der Waals surface area contributed by atoms with Gasteiger partial charge in [-0.3, -0.25) is 9.78 Å². The van der Waals surface area contributed by atoms with Gasteiger partial charge in [-0.15, -0.1) is 11.3 Å². The molecule has 0 saturated carbocycles. The lowest BCUT2D eigenvalue weighted by atomic mass is 10.2. The van der Waals surface area contributed by atoms with Crippen molar-refractivity contribution in [1.29, 1.82) is 0 Å². The fourth-order valence-electron chi connectivity index (χ4n) is 3.87. The van der Waals surface area contributed by atoms with Crippen LogP contribution in [0.15, 0.2) is 42.3 Å². The van der Waals surface area contributed by atoms with Crippen molar-refractivity contribution in [2.45, 2.75) is 25.7 Å². The van der Waals surface area contributed by atoms with Crippen LogP contribution in [0.1, 0.15) is 33.9 Å². The smallest absolute Gasteiger partial charge is 0.272 e. The van der Waals surface area contributed by atoms with Crippen molar-refractivity contribution < 1.29 is 4.79 Å². The second-order valence-electron chi connectivity index (χ2n) is 7.26. The molecule has 1 aliphatic carbocycles. The van der Waals surface area contributed by atoms with Crippen molar-refractivity contribution >= 4 is 17.2 Å². The molecule has 6 heteroatoms. The predicted octanol–water partition coefficient (Wildman–Crippen LogP) is 3.30. The summed E-state index contributed by atoms with van der Waals surface area (Å²) in [5.41, 5.74) is 4.11. The molecule has 1 saturated heterocycles. The van der Waals surface area contributed by atoms with Gasteiger partial charge >= 0.3 is 0 Å². The maximum Gasteiger partial charge on any atom is 0.272 e. The van der Waals surface area contributed by atoms with Gasteiger partial charge in [0.2, 0.25) is 0 Å². The number of pyridine rings is 1. The van der Waals surface area contributed by atoms with E-state index in [1.54, 1.807) is 17.5 Å². The van der Waals surface area contributed by atoms with E-state index < -0.39 is 0 Å². The maximum absolute atomic E-state index is 12.4. The fourth-order valence-corrected chi connectivity index (χ4v) is 4.95. The van der Waals surface area contributed by atoms with E-state index in [1.165, 1.54) is 16.3 Å². The summed E-state index contributed by atoms with van der Waals surface area (Å²) in [5.74, 6) is 0.0495. The average molecular weight is 379 g/mol. The van der Waals surface area contributed by atoms with E-state index in [-0.39, 0.29) is 5.91 Å². The third-order valence-electron chi connectivity index (χ3n) is 5.53. The Labute approximate surface area is 163 Å². The molecular weight excluding hydrogens is 356 g/mol. The number of amides is 1. The van der Waals surface area contributed by atoms with Gasteiger partial charge in [0.25, 0.3) is 5.91 Å². The van der Waals surface area contributed by atoms with Crippen LogP contribution in [0.4, 0.5) is 0 Å². The number of hydrogen-bond acceptors (Lipinski definition) is 5. The number of likely N-dealkylation sites (tertiary alicyclic amines) is 1. The normalized spacial score (nSPS) is 18.7. The molecule has 0 atom stereocenters. The first-order chi connectivity index (χ1) is 13.3. The Bertz CT molecular complexity index is 897. The molecule has 1 fully saturated rings. The summed E-state index contributed by atoms with van der Waals surface area (Å²) in [4.78, 5) is 27.5. The van der Waals surface area contributed by atoms with Crippen LogP contribution >= 0.6 is 11.3 Å². The molecule has 5 rings (SSSR count). The van der Waals surface area contributed by atoms with E-state index in [1.807, 2.05) is 17.0 Å². The molecule has 0 radical (unpaired) electrons. The molecule has 0 spiro atoms. The standard InChI is InChI=1S/C21H22N4OS/c26-21(25-10-1-2-11-25)18-7-6-15(14-22-18)20-23-17-8-12-24(16-4-3-5-16)13-9-19(17)27-20/h3-7,14H,1-2,8-13H2. The quantitative estimate of drug-likeness (QED) is 0.822. The Hall–Kier alpha value is -2.47. The average Bonchev–Trinajstić information content (AvgIpc) is 3.29. The summed E-state index contributed by atoms with van der Waals surface area (Å²) in [6.07, 6.45) is 12.5. The number of fused-ring (bicyclic) bond motifs is 1. The van der Waals surface area contributed by atoms with Gasteiger partial charge in [-0.05, 0) is 37.1 Å². The van der Waals surface area contributed by atoms with Crippen molar-refractivity contribution in [2.75, 3.05) is 26.2 Å². The molecule has 0 aromatic carbocycles. The fraction of sp³-hybridized carbons (Fsp3) is 0.381. The summed E-state index contributed by atoms with van der Waals surface area (Å²) >= 11 is 1.77. The van der Waals surface area contributed by atoms with E-state index in [0.717, 1.165) is 62.4 Å². The molecule has 0 unspecified atom stereocenters. The van der Waals surface area contributed by atoms with Crippen molar-refractivity contribution in [3.63, 3.8) is 0 Å². The Kier molecular flexibility index (Phi) is 4.28. The summed E-state index contributed by atoms with van der Waals surface area (Å²) in [7, 11) is 0. The van der Waals surface area contributed by atoms with Gasteiger partial charge in [0.1, 0.15) is 10.7 Å². The molecule has 4 heterocycles. The van der Waals surface area contributed by atoms with E-state index in [4.69, 9.17) is 4.98 Å². The first-order valence-corrected chi connectivity index (χ1v) is 10.5. The van der Waals surface area contributed by atoms with E-state index in [9.17, 15) is 4.79 Å². The SMILES string of the molecule is O=C(c1ccc(-c2nc3c(s2)CCN(C2=CC=C2)CC3)cn1)N1CCCC1. The van der Waals surface area contributed by atoms with Crippen molar-refractivity contribution in [1.82, 2.24) is 19.8 Å². The lowest BCUT2D eigenvalue weighted by Gasteiger charge is -2.26. The lowest BCUT2D eigenvalue weighted by Crippen LogP contribution is -2.28. The third kappa shape index (κ3) is 3.18. The minimum absolute atomic E-state index is 0.0495. The largest absolute Gasteiger partial charge is 0.371 e. The number of hydrogen-bond donors (Lipinski definition) is 0. The number of allylic oxidation sites excluding steroid dienone is 3. The van der Waals surface area contributed by atoms with Crippen LogP contribution in [-0.4, -0.2) is 51.9 Å². The second-order valence-corrected chi connectivity index (χ2v) is 8.34. The Morgan fingerprint density at radius 1 is 1.07 bits per heavy atom.